The molecule has 0 aliphatic carbocycles. The molecule has 0 aliphatic rings. The summed E-state index contributed by atoms with van der Waals surface area (Å²) in [7, 11) is -0.591. The average molecular weight is 730 g/mol. The number of aromatic amines is 3. The van der Waals surface area contributed by atoms with E-state index in [9.17, 15) is 8.96 Å². The number of aryl methyl sites for hydroxylation is 3. The second kappa shape index (κ2) is 17.7. The largest absolute Gasteiger partial charge is 0.524 e. The van der Waals surface area contributed by atoms with Crippen molar-refractivity contribution in [1.29, 1.82) is 0 Å². The smallest absolute Gasteiger partial charge is 0.496 e. The van der Waals surface area contributed by atoms with Crippen molar-refractivity contribution in [3.05, 3.63) is 95.7 Å². The van der Waals surface area contributed by atoms with E-state index in [1.807, 2.05) is 0 Å². The molecule has 11 nitrogen and oxygen atoms in total. The van der Waals surface area contributed by atoms with Crippen molar-refractivity contribution in [2.45, 2.75) is 19.1 Å². The molecule has 0 aliphatic heterocycles. The van der Waals surface area contributed by atoms with Crippen LogP contribution >= 0.6 is 7.82 Å². The van der Waals surface area contributed by atoms with Crippen molar-refractivity contribution in [3.63, 3.8) is 0 Å². The zero-order chi connectivity index (χ0) is 54.7. The van der Waals surface area contributed by atoms with Gasteiger partial charge in [-0.3, -0.25) is 9.79 Å². The second-order valence-electron chi connectivity index (χ2n) is 10.3. The van der Waals surface area contributed by atoms with Gasteiger partial charge in [-0.15, -0.1) is 0 Å². The minimum absolute atomic E-state index is 0.00560. The molecule has 0 saturated heterocycles. The Labute approximate surface area is 322 Å². The monoisotopic (exact) mass is 729 g/mol. The number of phosphoric acid groups is 1. The highest BCUT2D eigenvalue weighted by Crippen LogP contribution is 2.41. The third kappa shape index (κ3) is 10.7. The number of benzene rings is 3. The number of nitrogens with zero attached hydrogens (tertiary/aromatic N) is 3. The van der Waals surface area contributed by atoms with E-state index in [-0.39, 0.29) is 43.6 Å². The van der Waals surface area contributed by atoms with Crippen LogP contribution < -0.4 is 9.26 Å². The van der Waals surface area contributed by atoms with Gasteiger partial charge >= 0.3 is 7.82 Å². The van der Waals surface area contributed by atoms with E-state index in [0.29, 0.717) is 32.0 Å². The van der Waals surface area contributed by atoms with Crippen molar-refractivity contribution < 1.29 is 56.8 Å². The fourth-order valence-corrected chi connectivity index (χ4v) is 4.95. The van der Waals surface area contributed by atoms with Crippen LogP contribution in [0.5, 0.6) is 11.5 Å². The Balaban J connectivity index is 0.000000232. The third-order valence-electron chi connectivity index (χ3n) is 6.50. The summed E-state index contributed by atoms with van der Waals surface area (Å²) in [4.78, 5) is 27.4. The molecular formula is C37H50FN6O5P. The Hall–Kier alpha value is -4.16. The first kappa shape index (κ1) is 18.9. The van der Waals surface area contributed by atoms with Crippen molar-refractivity contribution in [1.82, 2.24) is 29.7 Å². The van der Waals surface area contributed by atoms with Crippen molar-refractivity contribution in [2.24, 2.45) is 0 Å². The summed E-state index contributed by atoms with van der Waals surface area (Å²) in [6.07, 6.45) is -4.60. The van der Waals surface area contributed by atoms with E-state index >= 15 is 0 Å². The van der Waals surface area contributed by atoms with E-state index < -0.39 is 73.2 Å². The van der Waals surface area contributed by atoms with Gasteiger partial charge in [0.15, 0.2) is 0 Å². The maximum atomic E-state index is 14.0. The molecule has 0 atom stereocenters. The number of aromatic nitrogens is 3. The molecule has 5 N–H and O–H groups in total. The van der Waals surface area contributed by atoms with Crippen LogP contribution in [0.1, 0.15) is 45.5 Å². The Morgan fingerprint density at radius 2 is 1.10 bits per heavy atom. The lowest BCUT2D eigenvalue weighted by atomic mass is 10.1. The number of hydrogen-bond acceptors (Lipinski definition) is 6. The van der Waals surface area contributed by atoms with Crippen LogP contribution in [0.15, 0.2) is 73.2 Å². The number of halogens is 1. The van der Waals surface area contributed by atoms with E-state index in [0.717, 1.165) is 33.4 Å². The van der Waals surface area contributed by atoms with Crippen LogP contribution in [0, 0.1) is 5.82 Å². The van der Waals surface area contributed by atoms with Gasteiger partial charge in [0, 0.05) is 99.6 Å². The fourth-order valence-electron chi connectivity index (χ4n) is 4.55. The molecule has 3 heterocycles. The normalized spacial score (nSPS) is 20.4. The SMILES string of the molecule is [2H]C([2H])([2H])N(C)C([2H])([2H])C([2H])([2H])c1c[nH]c2cccc(F)c12.[2H]C([2H])([2H])N(C)C([2H])([2H])C([2H])([2H])c1c[nH]c2cccc(OC)c12.[2H]C([2H])([2H])N(C)C([2H])([2H])C([2H])([2H])c1c[nH]c2cccc(OP(=O)(O)O)c12. The lowest BCUT2D eigenvalue weighted by molar-refractivity contribution is 0.284. The summed E-state index contributed by atoms with van der Waals surface area (Å²) >= 11 is 0. The second-order valence-corrected chi connectivity index (χ2v) is 11.5. The topological polar surface area (TPSA) is 133 Å². The molecule has 0 spiro atoms. The molecule has 50 heavy (non-hydrogen) atoms. The average Bonchev–Trinajstić information content (AvgIpc) is 4.00. The first-order chi connectivity index (χ1) is 31.9. The van der Waals surface area contributed by atoms with E-state index in [2.05, 4.69) is 19.5 Å². The Morgan fingerprint density at radius 1 is 0.700 bits per heavy atom. The van der Waals surface area contributed by atoms with Gasteiger partial charge in [-0.25, -0.2) is 8.96 Å². The highest BCUT2D eigenvalue weighted by Gasteiger charge is 2.19. The van der Waals surface area contributed by atoms with Crippen LogP contribution in [0.3, 0.4) is 0 Å². The minimum atomic E-state index is -4.96. The number of H-pyrrole nitrogens is 3. The summed E-state index contributed by atoms with van der Waals surface area (Å²) in [5.41, 5.74) is 0.536. The number of ether oxygens (including phenoxy) is 1. The van der Waals surface area contributed by atoms with Crippen LogP contribution in [0.2, 0.25) is 0 Å². The molecular weight excluding hydrogens is 658 g/mol. The maximum absolute atomic E-state index is 14.0. The van der Waals surface area contributed by atoms with E-state index in [1.54, 1.807) is 18.2 Å². The molecule has 0 saturated carbocycles. The Bertz CT molecular complexity index is 2880. The molecule has 0 amide bonds. The van der Waals surface area contributed by atoms with E-state index in [4.69, 9.17) is 43.3 Å². The molecule has 3 aromatic heterocycles. The third-order valence-corrected chi connectivity index (χ3v) is 6.94. The van der Waals surface area contributed by atoms with Gasteiger partial charge in [-0.05, 0) is 114 Å². The predicted octanol–water partition coefficient (Wildman–Crippen LogP) is 6.44. The number of nitrogens with one attached hydrogen (secondary N) is 3. The lowest BCUT2D eigenvalue weighted by Gasteiger charge is -2.11. The molecule has 0 bridgehead atoms. The zero-order valence-corrected chi connectivity index (χ0v) is 28.1. The quantitative estimate of drug-likeness (QED) is 0.0911. The van der Waals surface area contributed by atoms with Gasteiger partial charge in [0.25, 0.3) is 0 Å². The number of methoxy groups -OCH3 is 1. The molecule has 0 unspecified atom stereocenters. The zero-order valence-electron chi connectivity index (χ0n) is 48.2. The minimum Gasteiger partial charge on any atom is -0.496 e. The molecule has 13 heteroatoms. The van der Waals surface area contributed by atoms with Crippen LogP contribution in [-0.4, -0.2) is 108 Å². The van der Waals surface area contributed by atoms with Crippen LogP contribution in [0.25, 0.3) is 32.7 Å². The maximum Gasteiger partial charge on any atom is 0.524 e. The summed E-state index contributed by atoms with van der Waals surface area (Å²) < 4.78 is 198. The van der Waals surface area contributed by atoms with Gasteiger partial charge in [0.1, 0.15) is 17.3 Å². The molecule has 270 valence electrons. The summed E-state index contributed by atoms with van der Waals surface area (Å²) in [5.74, 6) is -0.678. The van der Waals surface area contributed by atoms with Crippen molar-refractivity contribution >= 4 is 40.5 Å². The highest BCUT2D eigenvalue weighted by molar-refractivity contribution is 7.46. The fraction of sp³-hybridized carbons (Fsp3) is 0.351. The summed E-state index contributed by atoms with van der Waals surface area (Å²) in [6.45, 7) is -17.1. The van der Waals surface area contributed by atoms with Gasteiger partial charge in [-0.1, -0.05) is 18.2 Å². The summed E-state index contributed by atoms with van der Waals surface area (Å²) in [6, 6.07) is 13.3. The molecule has 0 fully saturated rings. The molecule has 3 aromatic carbocycles. The predicted molar refractivity (Wildman–Crippen MR) is 201 cm³/mol. The number of likely N-dealkylation sites (N-methyl/N-ethyl adjacent to an activating group) is 3. The molecule has 0 radical (unpaired) electrons. The number of phosphoric ester groups is 1. The van der Waals surface area contributed by atoms with Crippen LogP contribution in [0.4, 0.5) is 4.39 Å². The van der Waals surface area contributed by atoms with Gasteiger partial charge < -0.3 is 38.9 Å². The summed E-state index contributed by atoms with van der Waals surface area (Å²) in [5, 5.41) is 0.210. The van der Waals surface area contributed by atoms with Crippen molar-refractivity contribution in [2.75, 3.05) is 68.7 Å². The standard InChI is InChI=1S/C13H18N2O.C12H15FN2.C12H17N2O4P/c1-15(2)8-7-10-9-14-11-5-4-6-12(16-3)13(10)11;1-15(2)7-6-9-8-14-11-5-3-4-10(13)12(9)11;1-14(2)7-6-9-8-13-10-4-3-5-11(12(9)10)18-19(15,16)17/h4-6,9,14H,7-8H2,1-3H3;3-5,8,14H,6-7H2,1-2H3;3-5,8,13H,6-7H2,1-2H3,(H2,15,16,17)/i1D3,7D2,8D2;2*1D3,6D2,7D2. The highest BCUT2D eigenvalue weighted by atomic mass is 31.2. The number of hydrogen-bond donors (Lipinski definition) is 5. The Kier molecular flexibility index (Phi) is 6.68. The van der Waals surface area contributed by atoms with Crippen LogP contribution in [-0.2, 0) is 23.7 Å². The Morgan fingerprint density at radius 3 is 1.54 bits per heavy atom. The van der Waals surface area contributed by atoms with Gasteiger partial charge in [-0.2, -0.15) is 0 Å². The molecule has 6 aromatic rings. The first-order valence-electron chi connectivity index (χ1n) is 24.9. The first-order valence-corrected chi connectivity index (χ1v) is 15.9. The lowest BCUT2D eigenvalue weighted by Crippen LogP contribution is -2.14. The van der Waals surface area contributed by atoms with Crippen molar-refractivity contribution in [3.8, 4) is 11.5 Å². The van der Waals surface area contributed by atoms with Gasteiger partial charge in [0.05, 0.1) is 7.11 Å². The number of fused-ring (bicyclic) bond motifs is 3. The number of rotatable bonds is 12. The van der Waals surface area contributed by atoms with E-state index in [1.165, 1.54) is 49.8 Å². The van der Waals surface area contributed by atoms with Gasteiger partial charge in [0.2, 0.25) is 0 Å². The molecule has 6 rings (SSSR count).